The van der Waals surface area contributed by atoms with Crippen LogP contribution in [-0.4, -0.2) is 206 Å². The second-order valence-electron chi connectivity index (χ2n) is 20.6. The number of carboxylic acids is 1. The smallest absolute Gasteiger partial charge is 0.303 e. The van der Waals surface area contributed by atoms with E-state index < -0.39 is 76.9 Å². The number of methoxy groups -OCH3 is 2. The van der Waals surface area contributed by atoms with Crippen molar-refractivity contribution in [3.8, 4) is 0 Å². The van der Waals surface area contributed by atoms with E-state index in [4.69, 9.17) is 42.6 Å². The Hall–Kier alpha value is -4.90. The van der Waals surface area contributed by atoms with Gasteiger partial charge >= 0.3 is 5.97 Å². The third kappa shape index (κ3) is 18.1. The molecule has 1 atom stereocenters. The van der Waals surface area contributed by atoms with Crippen molar-refractivity contribution in [3.63, 3.8) is 0 Å². The summed E-state index contributed by atoms with van der Waals surface area (Å²) in [5.41, 5.74) is 0.334. The molecule has 6 rings (SSSR count). The summed E-state index contributed by atoms with van der Waals surface area (Å²) < 4.78 is 205. The highest BCUT2D eigenvalue weighted by Gasteiger charge is 2.47. The summed E-state index contributed by atoms with van der Waals surface area (Å²) in [5, 5.41) is 9.10. The molecule has 25 nitrogen and oxygen atoms in total. The Morgan fingerprint density at radius 2 is 1.00 bits per heavy atom. The molecule has 2 aliphatic rings. The molecule has 0 aliphatic carbocycles. The predicted molar refractivity (Wildman–Crippen MR) is 305 cm³/mol. The number of carbonyl (C=O) groups is 1. The fourth-order valence-electron chi connectivity index (χ4n) is 10.5. The fourth-order valence-corrected chi connectivity index (χ4v) is 13.2. The highest BCUT2D eigenvalue weighted by Crippen LogP contribution is 2.54. The zero-order valence-electron chi connectivity index (χ0n) is 48.1. The lowest BCUT2D eigenvalue weighted by atomic mass is 9.76. The zero-order valence-corrected chi connectivity index (χ0v) is 51.3. The summed E-state index contributed by atoms with van der Waals surface area (Å²) in [6.45, 7) is 10.1. The van der Waals surface area contributed by atoms with Crippen molar-refractivity contribution in [2.45, 2.75) is 83.3 Å². The summed E-state index contributed by atoms with van der Waals surface area (Å²) >= 11 is 0. The first-order valence-electron chi connectivity index (χ1n) is 27.3. The third-order valence-electron chi connectivity index (χ3n) is 14.5. The monoisotopic (exact) mass is 1270 g/mol. The maximum atomic E-state index is 12.9. The van der Waals surface area contributed by atoms with Crippen LogP contribution in [-0.2, 0) is 98.7 Å². The number of hydrogen-bond acceptors (Lipinski definition) is 23. The van der Waals surface area contributed by atoms with E-state index in [0.29, 0.717) is 118 Å². The molecule has 85 heavy (non-hydrogen) atoms. The van der Waals surface area contributed by atoms with Crippen LogP contribution in [0.3, 0.4) is 0 Å². The lowest BCUT2D eigenvalue weighted by molar-refractivity contribution is -0.438. The van der Waals surface area contributed by atoms with Gasteiger partial charge in [-0.2, -0.15) is 4.58 Å². The van der Waals surface area contributed by atoms with Crippen LogP contribution in [0.15, 0.2) is 92.0 Å². The number of hydrogen-bond donors (Lipinski definition) is 1. The minimum atomic E-state index is -5.40. The second kappa shape index (κ2) is 30.8. The number of rotatable bonds is 39. The summed E-state index contributed by atoms with van der Waals surface area (Å²) in [6, 6.07) is 9.09. The number of allylic oxidation sites excluding steroid dienone is 4. The van der Waals surface area contributed by atoms with E-state index >= 15 is 0 Å². The number of fused-ring (bicyclic) bond motifs is 6. The maximum absolute atomic E-state index is 12.9. The van der Waals surface area contributed by atoms with Crippen molar-refractivity contribution in [3.05, 3.63) is 83.6 Å². The Balaban J connectivity index is 1.46. The van der Waals surface area contributed by atoms with Gasteiger partial charge in [0, 0.05) is 80.1 Å². The van der Waals surface area contributed by atoms with Crippen LogP contribution in [0.25, 0.3) is 21.5 Å². The lowest BCUT2D eigenvalue weighted by Gasteiger charge is -2.31. The van der Waals surface area contributed by atoms with Crippen LogP contribution in [0.4, 0.5) is 11.4 Å². The van der Waals surface area contributed by atoms with E-state index in [-0.39, 0.29) is 100 Å². The summed E-state index contributed by atoms with van der Waals surface area (Å²) in [4.78, 5) is 9.60. The Kier molecular flexibility index (Phi) is 25.1. The molecule has 0 bridgehead atoms. The molecule has 0 fully saturated rings. The van der Waals surface area contributed by atoms with Gasteiger partial charge < -0.3 is 70.8 Å². The highest BCUT2D eigenvalue weighted by atomic mass is 32.2. The first-order valence-corrected chi connectivity index (χ1v) is 32.9. The number of benzene rings is 4. The molecule has 472 valence electrons. The molecule has 1 N–H and O–H groups in total. The molecule has 4 aromatic rings. The van der Waals surface area contributed by atoms with Crippen LogP contribution in [0.1, 0.15) is 64.0 Å². The van der Waals surface area contributed by atoms with Gasteiger partial charge in [0.25, 0.3) is 0 Å². The molecule has 4 aromatic carbocycles. The van der Waals surface area contributed by atoms with Gasteiger partial charge in [-0.1, -0.05) is 12.1 Å². The van der Waals surface area contributed by atoms with Crippen molar-refractivity contribution in [2.24, 2.45) is 0 Å². The maximum Gasteiger partial charge on any atom is 0.303 e. The van der Waals surface area contributed by atoms with E-state index in [1.807, 2.05) is 16.4 Å². The minimum absolute atomic E-state index is 0.0137. The van der Waals surface area contributed by atoms with E-state index in [9.17, 15) is 61.8 Å². The molecule has 0 saturated carbocycles. The number of ether oxygens (including phenoxy) is 9. The molecule has 1 unspecified atom stereocenters. The second-order valence-corrected chi connectivity index (χ2v) is 26.0. The SMILES string of the molecule is COCCOCCOCCOCCOCCN1/C(=C/C=C/C2=[N+](CCCCCC(=O)O)c3ccc4c(S(=O)(=O)[O-])cc(S(=O)(=O)[O-])cc4c3C2(C)C)C(C)(CCOCCOCCOCCOC)c2c1ccc1c(S(=O)(=O)[O-])cc(S(=O)(=O)[O-])cc21. The zero-order chi connectivity index (χ0) is 62.2. The molecule has 0 amide bonds. The molecule has 2 heterocycles. The molecule has 0 saturated heterocycles. The van der Waals surface area contributed by atoms with Crippen molar-refractivity contribution >= 4 is 85.1 Å². The minimum Gasteiger partial charge on any atom is -0.744 e. The van der Waals surface area contributed by atoms with E-state index in [1.54, 1.807) is 58.4 Å². The van der Waals surface area contributed by atoms with Gasteiger partial charge in [0.1, 0.15) is 47.0 Å². The van der Waals surface area contributed by atoms with Crippen molar-refractivity contribution < 1.29 is 109 Å². The van der Waals surface area contributed by atoms with Crippen molar-refractivity contribution in [1.29, 1.82) is 0 Å². The normalized spacial score (nSPS) is 16.9. The van der Waals surface area contributed by atoms with Gasteiger partial charge in [-0.15, -0.1) is 0 Å². The number of unbranched alkanes of at least 4 members (excludes halogenated alkanes) is 2. The lowest BCUT2D eigenvalue weighted by Crippen LogP contribution is -2.32. The summed E-state index contributed by atoms with van der Waals surface area (Å²) in [5.74, 6) is -0.976. The number of anilines is 1. The molecule has 0 radical (unpaired) electrons. The Bertz CT molecular complexity index is 3550. The molecule has 29 heteroatoms. The Morgan fingerprint density at radius 1 is 0.553 bits per heavy atom. The molecule has 0 aromatic heterocycles. The van der Waals surface area contributed by atoms with Crippen LogP contribution < -0.4 is 4.90 Å². The fraction of sp³-hybridized carbons (Fsp3) is 0.536. The van der Waals surface area contributed by atoms with Gasteiger partial charge in [-0.25, -0.2) is 33.7 Å². The first kappa shape index (κ1) is 69.2. The summed E-state index contributed by atoms with van der Waals surface area (Å²) in [6.07, 6.45) is 6.54. The Morgan fingerprint density at radius 3 is 1.46 bits per heavy atom. The van der Waals surface area contributed by atoms with Crippen LogP contribution in [0, 0.1) is 0 Å². The van der Waals surface area contributed by atoms with Gasteiger partial charge in [-0.3, -0.25) is 4.79 Å². The number of aliphatic carboxylic acids is 1. The van der Waals surface area contributed by atoms with Gasteiger partial charge in [0.15, 0.2) is 5.71 Å². The standard InChI is InChI=1S/C56H76N2O23S4/c1-55(2)50(57(18-8-6-7-12-52(59)60)46-15-13-42-44(53(46)55)36-40(82(61,62)63)38-48(42)84(67,68)69)10-9-11-51-56(3,17-20-75-26-28-79-32-30-77-24-22-73-4)54-45-37-41(83(64,65)66)39-49(85(70,71)72)43(45)14-16-47(54)58(51)19-21-76-27-29-80-34-35-81-33-31-78-25-23-74-5/h9-11,13-16,36-39H,6-8,12,17-35H2,1-5H3,(H4-,59,60,61,62,63,64,65,66,67,68,69,70,71,72)/p-3. The van der Waals surface area contributed by atoms with Crippen molar-refractivity contribution in [2.75, 3.05) is 138 Å². The van der Waals surface area contributed by atoms with Crippen LogP contribution in [0.2, 0.25) is 0 Å². The average molecular weight is 1270 g/mol. The summed E-state index contributed by atoms with van der Waals surface area (Å²) in [7, 11) is -18.3. The quantitative estimate of drug-likeness (QED) is 0.0361. The molecule has 0 spiro atoms. The van der Waals surface area contributed by atoms with E-state index in [0.717, 1.165) is 12.1 Å². The van der Waals surface area contributed by atoms with E-state index in [1.165, 1.54) is 12.1 Å². The molecular formula is C56H73N2O23S4-3. The van der Waals surface area contributed by atoms with Crippen LogP contribution in [0.5, 0.6) is 0 Å². The molecular weight excluding hydrogens is 1200 g/mol. The third-order valence-corrected chi connectivity index (χ3v) is 17.8. The number of carboxylic acid groups (broad SMARTS) is 1. The molecule has 2 aliphatic heterocycles. The first-order chi connectivity index (χ1) is 40.2. The van der Waals surface area contributed by atoms with Crippen LogP contribution >= 0.6 is 0 Å². The van der Waals surface area contributed by atoms with E-state index in [2.05, 4.69) is 0 Å². The van der Waals surface area contributed by atoms with Gasteiger partial charge in [-0.05, 0) is 104 Å². The predicted octanol–water partition coefficient (Wildman–Crippen LogP) is 4.65. The Labute approximate surface area is 496 Å². The van der Waals surface area contributed by atoms with Gasteiger partial charge in [0.05, 0.1) is 124 Å². The number of nitrogens with zero attached hydrogens (tertiary/aromatic N) is 2. The van der Waals surface area contributed by atoms with Crippen molar-refractivity contribution in [1.82, 2.24) is 0 Å². The topological polar surface area (TPSA) is 355 Å². The highest BCUT2D eigenvalue weighted by molar-refractivity contribution is 7.87. The van der Waals surface area contributed by atoms with Gasteiger partial charge in [0.2, 0.25) is 5.69 Å². The largest absolute Gasteiger partial charge is 0.744 e. The average Bonchev–Trinajstić information content (AvgIpc) is 1.65.